The van der Waals surface area contributed by atoms with E-state index in [0.717, 1.165) is 35.7 Å². The van der Waals surface area contributed by atoms with Gasteiger partial charge in [0.15, 0.2) is 0 Å². The molecule has 0 bridgehead atoms. The van der Waals surface area contributed by atoms with Crippen LogP contribution in [0.5, 0.6) is 17.2 Å². The number of hydrogen-bond donors (Lipinski definition) is 0. The molecule has 0 spiro atoms. The van der Waals surface area contributed by atoms with Gasteiger partial charge in [-0.05, 0) is 54.2 Å². The predicted molar refractivity (Wildman–Crippen MR) is 94.0 cm³/mol. The van der Waals surface area contributed by atoms with Gasteiger partial charge in [0, 0.05) is 5.56 Å². The molecule has 0 aliphatic heterocycles. The highest BCUT2D eigenvalue weighted by atomic mass is 16.5. The van der Waals surface area contributed by atoms with Crippen LogP contribution in [0.25, 0.3) is 0 Å². The van der Waals surface area contributed by atoms with E-state index in [1.54, 1.807) is 21.3 Å². The van der Waals surface area contributed by atoms with Gasteiger partial charge in [0.25, 0.3) is 0 Å². The fourth-order valence-electron chi connectivity index (χ4n) is 2.79. The van der Waals surface area contributed by atoms with E-state index in [1.165, 1.54) is 11.1 Å². The molecule has 0 unspecified atom stereocenters. The van der Waals surface area contributed by atoms with Crippen LogP contribution in [-0.2, 0) is 12.8 Å². The lowest BCUT2D eigenvalue weighted by molar-refractivity contribution is 0.381. The van der Waals surface area contributed by atoms with Crippen molar-refractivity contribution in [2.45, 2.75) is 32.6 Å². The molecule has 2 rings (SSSR count). The Bertz CT molecular complexity index is 605. The zero-order valence-electron chi connectivity index (χ0n) is 14.7. The lowest BCUT2D eigenvalue weighted by Gasteiger charge is -2.18. The second-order valence-electron chi connectivity index (χ2n) is 5.92. The third-order valence-electron chi connectivity index (χ3n) is 4.04. The van der Waals surface area contributed by atoms with Crippen LogP contribution in [0.2, 0.25) is 0 Å². The molecule has 0 saturated carbocycles. The first-order chi connectivity index (χ1) is 11.1. The largest absolute Gasteiger partial charge is 0.497 e. The van der Waals surface area contributed by atoms with E-state index in [1.807, 2.05) is 12.1 Å². The van der Waals surface area contributed by atoms with Gasteiger partial charge >= 0.3 is 0 Å². The Kier molecular flexibility index (Phi) is 5.91. The quantitative estimate of drug-likeness (QED) is 0.746. The van der Waals surface area contributed by atoms with Crippen molar-refractivity contribution < 1.29 is 14.2 Å². The monoisotopic (exact) mass is 314 g/mol. The van der Waals surface area contributed by atoms with E-state index in [0.29, 0.717) is 5.92 Å². The van der Waals surface area contributed by atoms with Gasteiger partial charge in [-0.25, -0.2) is 0 Å². The van der Waals surface area contributed by atoms with E-state index in [-0.39, 0.29) is 0 Å². The Morgan fingerprint density at radius 1 is 0.739 bits per heavy atom. The minimum Gasteiger partial charge on any atom is -0.497 e. The molecule has 124 valence electrons. The smallest absolute Gasteiger partial charge is 0.126 e. The van der Waals surface area contributed by atoms with E-state index in [9.17, 15) is 0 Å². The third-order valence-corrected chi connectivity index (χ3v) is 4.04. The highest BCUT2D eigenvalue weighted by Crippen LogP contribution is 2.36. The maximum atomic E-state index is 5.58. The molecule has 3 heteroatoms. The van der Waals surface area contributed by atoms with Crippen LogP contribution in [0.1, 0.15) is 36.5 Å². The summed E-state index contributed by atoms with van der Waals surface area (Å²) in [5, 5.41) is 0. The molecular formula is C20H26O3. The molecule has 0 N–H and O–H groups in total. The second-order valence-corrected chi connectivity index (χ2v) is 5.92. The summed E-state index contributed by atoms with van der Waals surface area (Å²) in [7, 11) is 5.12. The van der Waals surface area contributed by atoms with Crippen molar-refractivity contribution in [3.8, 4) is 17.2 Å². The lowest BCUT2D eigenvalue weighted by Crippen LogP contribution is -2.01. The maximum Gasteiger partial charge on any atom is 0.126 e. The van der Waals surface area contributed by atoms with Gasteiger partial charge in [-0.15, -0.1) is 0 Å². The number of hydrogen-bond acceptors (Lipinski definition) is 3. The Balaban J connectivity index is 2.19. The van der Waals surface area contributed by atoms with Gasteiger partial charge in [0.1, 0.15) is 17.2 Å². The Hall–Kier alpha value is -2.16. The Labute approximate surface area is 139 Å². The zero-order chi connectivity index (χ0) is 16.8. The van der Waals surface area contributed by atoms with Gasteiger partial charge in [-0.3, -0.25) is 0 Å². The molecule has 3 nitrogen and oxygen atoms in total. The summed E-state index contributed by atoms with van der Waals surface area (Å²) >= 11 is 0. The van der Waals surface area contributed by atoms with Crippen LogP contribution >= 0.6 is 0 Å². The summed E-state index contributed by atoms with van der Waals surface area (Å²) in [6, 6.07) is 12.5. The average Bonchev–Trinajstić information content (AvgIpc) is 2.59. The van der Waals surface area contributed by atoms with E-state index < -0.39 is 0 Å². The van der Waals surface area contributed by atoms with Crippen molar-refractivity contribution in [3.63, 3.8) is 0 Å². The van der Waals surface area contributed by atoms with E-state index >= 15 is 0 Å². The van der Waals surface area contributed by atoms with Crippen molar-refractivity contribution in [1.29, 1.82) is 0 Å². The molecule has 2 aromatic carbocycles. The van der Waals surface area contributed by atoms with Crippen LogP contribution < -0.4 is 14.2 Å². The van der Waals surface area contributed by atoms with Gasteiger partial charge < -0.3 is 14.2 Å². The van der Waals surface area contributed by atoms with Crippen molar-refractivity contribution in [2.75, 3.05) is 21.3 Å². The minimum absolute atomic E-state index is 0.357. The fourth-order valence-corrected chi connectivity index (χ4v) is 2.79. The molecule has 0 heterocycles. The maximum absolute atomic E-state index is 5.58. The standard InChI is InChI=1S/C20H26O3/c1-14(2)20-18(22-4)12-16(13-19(20)23-5)7-6-15-8-10-17(21-3)11-9-15/h8-14H,6-7H2,1-5H3. The van der Waals surface area contributed by atoms with Crippen LogP contribution in [0, 0.1) is 0 Å². The molecule has 23 heavy (non-hydrogen) atoms. The van der Waals surface area contributed by atoms with Crippen LogP contribution in [0.15, 0.2) is 36.4 Å². The number of methoxy groups -OCH3 is 3. The highest BCUT2D eigenvalue weighted by Gasteiger charge is 2.15. The van der Waals surface area contributed by atoms with E-state index in [2.05, 4.69) is 38.1 Å². The van der Waals surface area contributed by atoms with Gasteiger partial charge in [-0.1, -0.05) is 26.0 Å². The molecule has 0 saturated heterocycles. The number of rotatable bonds is 7. The number of benzene rings is 2. The average molecular weight is 314 g/mol. The SMILES string of the molecule is COc1ccc(CCc2cc(OC)c(C(C)C)c(OC)c2)cc1. The number of aryl methyl sites for hydroxylation is 2. The van der Waals surface area contributed by atoms with Crippen LogP contribution in [-0.4, -0.2) is 21.3 Å². The first kappa shape index (κ1) is 17.2. The summed E-state index contributed by atoms with van der Waals surface area (Å²) in [6.07, 6.45) is 1.91. The molecule has 0 aliphatic carbocycles. The molecule has 0 aromatic heterocycles. The minimum atomic E-state index is 0.357. The van der Waals surface area contributed by atoms with Gasteiger partial charge in [0.05, 0.1) is 21.3 Å². The molecule has 0 amide bonds. The first-order valence-electron chi connectivity index (χ1n) is 7.96. The van der Waals surface area contributed by atoms with Crippen molar-refractivity contribution >= 4 is 0 Å². The topological polar surface area (TPSA) is 27.7 Å². The molecule has 0 aliphatic rings. The molecule has 0 fully saturated rings. The van der Waals surface area contributed by atoms with Crippen LogP contribution in [0.3, 0.4) is 0 Å². The summed E-state index contributed by atoms with van der Waals surface area (Å²) < 4.78 is 16.3. The Morgan fingerprint density at radius 2 is 1.26 bits per heavy atom. The summed E-state index contributed by atoms with van der Waals surface area (Å²) in [4.78, 5) is 0. The summed E-state index contributed by atoms with van der Waals surface area (Å²) in [5.74, 6) is 3.06. The zero-order valence-corrected chi connectivity index (χ0v) is 14.7. The predicted octanol–water partition coefficient (Wildman–Crippen LogP) is 4.62. The first-order valence-corrected chi connectivity index (χ1v) is 7.96. The lowest BCUT2D eigenvalue weighted by atomic mass is 9.96. The van der Waals surface area contributed by atoms with Gasteiger partial charge in [0.2, 0.25) is 0 Å². The molecule has 0 radical (unpaired) electrons. The van der Waals surface area contributed by atoms with Crippen LogP contribution in [0.4, 0.5) is 0 Å². The van der Waals surface area contributed by atoms with Crippen molar-refractivity contribution in [1.82, 2.24) is 0 Å². The van der Waals surface area contributed by atoms with Crippen molar-refractivity contribution in [3.05, 3.63) is 53.1 Å². The molecular weight excluding hydrogens is 288 g/mol. The summed E-state index contributed by atoms with van der Waals surface area (Å²) in [5.41, 5.74) is 3.64. The normalized spacial score (nSPS) is 10.7. The Morgan fingerprint density at radius 3 is 1.70 bits per heavy atom. The molecule has 0 atom stereocenters. The van der Waals surface area contributed by atoms with E-state index in [4.69, 9.17) is 14.2 Å². The number of ether oxygens (including phenoxy) is 3. The van der Waals surface area contributed by atoms with Gasteiger partial charge in [-0.2, -0.15) is 0 Å². The third kappa shape index (κ3) is 4.19. The highest BCUT2D eigenvalue weighted by molar-refractivity contribution is 5.50. The molecule has 2 aromatic rings. The van der Waals surface area contributed by atoms with Crippen molar-refractivity contribution in [2.24, 2.45) is 0 Å². The fraction of sp³-hybridized carbons (Fsp3) is 0.400. The second kappa shape index (κ2) is 7.91. The summed E-state index contributed by atoms with van der Waals surface area (Å²) in [6.45, 7) is 4.30.